The van der Waals surface area contributed by atoms with Crippen molar-refractivity contribution in [3.63, 3.8) is 0 Å². The second kappa shape index (κ2) is 6.56. The lowest BCUT2D eigenvalue weighted by molar-refractivity contribution is 0.0935. The highest BCUT2D eigenvalue weighted by atomic mass is 32.2. The van der Waals surface area contributed by atoms with E-state index in [4.69, 9.17) is 0 Å². The third kappa shape index (κ3) is 4.08. The van der Waals surface area contributed by atoms with Crippen molar-refractivity contribution in [2.24, 2.45) is 0 Å². The van der Waals surface area contributed by atoms with E-state index in [1.54, 1.807) is 12.1 Å². The van der Waals surface area contributed by atoms with Crippen LogP contribution in [-0.4, -0.2) is 42.1 Å². The summed E-state index contributed by atoms with van der Waals surface area (Å²) in [4.78, 5) is 12.1. The molecule has 0 spiro atoms. The van der Waals surface area contributed by atoms with Gasteiger partial charge in [0, 0.05) is 11.7 Å². The molecule has 2 aromatic rings. The van der Waals surface area contributed by atoms with Crippen molar-refractivity contribution < 1.29 is 13.2 Å². The lowest BCUT2D eigenvalue weighted by Crippen LogP contribution is -2.36. The second-order valence-corrected chi connectivity index (χ2v) is 8.10. The number of carbonyl (C=O) groups excluding carboxylic acids is 1. The number of aryl methyl sites for hydroxylation is 1. The Hall–Kier alpha value is -2.48. The molecule has 1 aliphatic rings. The van der Waals surface area contributed by atoms with Crippen LogP contribution < -0.4 is 10.6 Å². The van der Waals surface area contributed by atoms with Gasteiger partial charge in [-0.05, 0) is 43.2 Å². The van der Waals surface area contributed by atoms with Crippen molar-refractivity contribution in [1.82, 2.24) is 15.5 Å². The molecule has 7 nitrogen and oxygen atoms in total. The van der Waals surface area contributed by atoms with E-state index in [1.807, 2.05) is 31.2 Å². The minimum atomic E-state index is -3.03. The number of aromatic nitrogens is 2. The molecule has 1 saturated heterocycles. The quantitative estimate of drug-likeness (QED) is 0.869. The average Bonchev–Trinajstić information content (AvgIpc) is 2.87. The highest BCUT2D eigenvalue weighted by Crippen LogP contribution is 2.15. The lowest BCUT2D eigenvalue weighted by Gasteiger charge is -2.10. The summed E-state index contributed by atoms with van der Waals surface area (Å²) in [6, 6.07) is 10.7. The van der Waals surface area contributed by atoms with Crippen molar-refractivity contribution in [2.75, 3.05) is 16.8 Å². The van der Waals surface area contributed by atoms with Gasteiger partial charge in [0.15, 0.2) is 21.3 Å². The summed E-state index contributed by atoms with van der Waals surface area (Å²) >= 11 is 0. The van der Waals surface area contributed by atoms with E-state index < -0.39 is 15.7 Å². The first-order valence-corrected chi connectivity index (χ1v) is 9.42. The molecule has 1 aliphatic heterocycles. The normalized spacial score (nSPS) is 19.0. The highest BCUT2D eigenvalue weighted by molar-refractivity contribution is 7.91. The zero-order valence-corrected chi connectivity index (χ0v) is 14.0. The molecule has 8 heteroatoms. The summed E-state index contributed by atoms with van der Waals surface area (Å²) in [6.45, 7) is 1.99. The minimum absolute atomic E-state index is 0.0147. The van der Waals surface area contributed by atoms with Crippen LogP contribution in [0.3, 0.4) is 0 Å². The van der Waals surface area contributed by atoms with Crippen LogP contribution in [0.4, 0.5) is 11.5 Å². The van der Waals surface area contributed by atoms with Gasteiger partial charge in [0.1, 0.15) is 0 Å². The van der Waals surface area contributed by atoms with Crippen molar-refractivity contribution in [3.8, 4) is 0 Å². The number of carbonyl (C=O) groups is 1. The topological polar surface area (TPSA) is 101 Å². The number of hydrogen-bond acceptors (Lipinski definition) is 6. The molecule has 1 amide bonds. The van der Waals surface area contributed by atoms with Gasteiger partial charge in [0.25, 0.3) is 5.91 Å². The predicted octanol–water partition coefficient (Wildman–Crippen LogP) is 1.45. The molecule has 0 radical (unpaired) electrons. The van der Waals surface area contributed by atoms with Crippen LogP contribution in [0.2, 0.25) is 0 Å². The van der Waals surface area contributed by atoms with E-state index in [0.29, 0.717) is 12.2 Å². The maximum Gasteiger partial charge on any atom is 0.272 e. The number of amides is 1. The number of hydrogen-bond donors (Lipinski definition) is 2. The molecular weight excluding hydrogens is 328 g/mol. The summed E-state index contributed by atoms with van der Waals surface area (Å²) in [6.07, 6.45) is 0.439. The fraction of sp³-hybridized carbons (Fsp3) is 0.312. The maximum absolute atomic E-state index is 12.1. The van der Waals surface area contributed by atoms with E-state index in [-0.39, 0.29) is 23.2 Å². The third-order valence-electron chi connectivity index (χ3n) is 3.76. The Labute approximate surface area is 140 Å². The summed E-state index contributed by atoms with van der Waals surface area (Å²) in [5.74, 6) is 0.217. The maximum atomic E-state index is 12.1. The van der Waals surface area contributed by atoms with Gasteiger partial charge in [-0.2, -0.15) is 0 Å². The number of benzene rings is 1. The summed E-state index contributed by atoms with van der Waals surface area (Å²) in [5.41, 5.74) is 2.17. The molecule has 3 rings (SSSR count). The summed E-state index contributed by atoms with van der Waals surface area (Å²) in [5, 5.41) is 13.7. The molecule has 0 bridgehead atoms. The number of sulfone groups is 1. The van der Waals surface area contributed by atoms with Crippen molar-refractivity contribution in [1.29, 1.82) is 0 Å². The Morgan fingerprint density at radius 1 is 1.21 bits per heavy atom. The van der Waals surface area contributed by atoms with Crippen LogP contribution in [0.1, 0.15) is 22.5 Å². The molecule has 1 aromatic carbocycles. The standard InChI is InChI=1S/C16H18N4O3S/c1-11-3-2-4-12(9-11)17-15-6-5-14(19-20-15)16(21)18-13-7-8-24(22,23)10-13/h2-6,9,13H,7-8,10H2,1H3,(H,17,20)(H,18,21). The van der Waals surface area contributed by atoms with Crippen LogP contribution in [0.15, 0.2) is 36.4 Å². The zero-order chi connectivity index (χ0) is 17.2. The van der Waals surface area contributed by atoms with Crippen LogP contribution in [0.25, 0.3) is 0 Å². The van der Waals surface area contributed by atoms with Crippen LogP contribution in [0.5, 0.6) is 0 Å². The van der Waals surface area contributed by atoms with Crippen molar-refractivity contribution >= 4 is 27.2 Å². The Kier molecular flexibility index (Phi) is 4.48. The van der Waals surface area contributed by atoms with Gasteiger partial charge in [-0.25, -0.2) is 8.42 Å². The second-order valence-electron chi connectivity index (χ2n) is 5.87. The SMILES string of the molecule is Cc1cccc(Nc2ccc(C(=O)NC3CCS(=O)(=O)C3)nn2)c1. The van der Waals surface area contributed by atoms with Gasteiger partial charge in [0.05, 0.1) is 11.5 Å². The molecule has 1 aromatic heterocycles. The molecule has 1 atom stereocenters. The van der Waals surface area contributed by atoms with E-state index in [1.165, 1.54) is 0 Å². The Bertz CT molecular complexity index is 850. The molecular formula is C16H18N4O3S. The average molecular weight is 346 g/mol. The van der Waals surface area contributed by atoms with E-state index in [2.05, 4.69) is 20.8 Å². The molecule has 0 aliphatic carbocycles. The number of anilines is 2. The highest BCUT2D eigenvalue weighted by Gasteiger charge is 2.29. The molecule has 0 saturated carbocycles. The van der Waals surface area contributed by atoms with E-state index in [0.717, 1.165) is 11.3 Å². The molecule has 24 heavy (non-hydrogen) atoms. The van der Waals surface area contributed by atoms with Crippen molar-refractivity contribution in [3.05, 3.63) is 47.7 Å². The van der Waals surface area contributed by atoms with E-state index >= 15 is 0 Å². The molecule has 2 heterocycles. The number of rotatable bonds is 4. The molecule has 126 valence electrons. The fourth-order valence-electron chi connectivity index (χ4n) is 2.56. The first-order valence-electron chi connectivity index (χ1n) is 7.60. The van der Waals surface area contributed by atoms with Crippen molar-refractivity contribution in [2.45, 2.75) is 19.4 Å². The Morgan fingerprint density at radius 2 is 2.04 bits per heavy atom. The smallest absolute Gasteiger partial charge is 0.272 e. The number of nitrogens with zero attached hydrogens (tertiary/aromatic N) is 2. The van der Waals surface area contributed by atoms with E-state index in [9.17, 15) is 13.2 Å². The van der Waals surface area contributed by atoms with Gasteiger partial charge in [-0.1, -0.05) is 12.1 Å². The molecule has 1 unspecified atom stereocenters. The van der Waals surface area contributed by atoms with Crippen LogP contribution in [-0.2, 0) is 9.84 Å². The fourth-order valence-corrected chi connectivity index (χ4v) is 4.23. The van der Waals surface area contributed by atoms with Gasteiger partial charge >= 0.3 is 0 Å². The van der Waals surface area contributed by atoms with Gasteiger partial charge < -0.3 is 10.6 Å². The molecule has 1 fully saturated rings. The Morgan fingerprint density at radius 3 is 2.67 bits per heavy atom. The van der Waals surface area contributed by atoms with Crippen LogP contribution >= 0.6 is 0 Å². The first kappa shape index (κ1) is 16.4. The minimum Gasteiger partial charge on any atom is -0.347 e. The summed E-state index contributed by atoms with van der Waals surface area (Å²) < 4.78 is 22.8. The van der Waals surface area contributed by atoms with Crippen LogP contribution in [0, 0.1) is 6.92 Å². The van der Waals surface area contributed by atoms with Gasteiger partial charge in [-0.3, -0.25) is 4.79 Å². The Balaban J connectivity index is 1.62. The third-order valence-corrected chi connectivity index (χ3v) is 5.52. The van der Waals surface area contributed by atoms with Gasteiger partial charge in [0.2, 0.25) is 0 Å². The molecule has 2 N–H and O–H groups in total. The number of nitrogens with one attached hydrogen (secondary N) is 2. The van der Waals surface area contributed by atoms with Gasteiger partial charge in [-0.15, -0.1) is 10.2 Å². The largest absolute Gasteiger partial charge is 0.347 e. The summed E-state index contributed by atoms with van der Waals surface area (Å²) in [7, 11) is -3.03. The zero-order valence-electron chi connectivity index (χ0n) is 13.2. The monoisotopic (exact) mass is 346 g/mol. The lowest BCUT2D eigenvalue weighted by atomic mass is 10.2. The predicted molar refractivity (Wildman–Crippen MR) is 91.0 cm³/mol. The first-order chi connectivity index (χ1) is 11.4.